The fourth-order valence-corrected chi connectivity index (χ4v) is 3.09. The molecule has 1 N–H and O–H groups in total. The summed E-state index contributed by atoms with van der Waals surface area (Å²) in [6.07, 6.45) is 0.896. The molecule has 0 spiro atoms. The molecule has 0 radical (unpaired) electrons. The van der Waals surface area contributed by atoms with Crippen molar-refractivity contribution in [1.82, 2.24) is 5.32 Å². The van der Waals surface area contributed by atoms with Gasteiger partial charge in [-0.15, -0.1) is 0 Å². The molecule has 1 atom stereocenters. The van der Waals surface area contributed by atoms with Crippen LogP contribution in [0.1, 0.15) is 36.6 Å². The van der Waals surface area contributed by atoms with Crippen molar-refractivity contribution in [2.45, 2.75) is 26.3 Å². The highest BCUT2D eigenvalue weighted by Crippen LogP contribution is 2.38. The zero-order valence-corrected chi connectivity index (χ0v) is 13.6. The van der Waals surface area contributed by atoms with Crippen LogP contribution in [0.5, 0.6) is 11.5 Å². The third-order valence-electron chi connectivity index (χ3n) is 4.08. The minimum absolute atomic E-state index is 0.158. The van der Waals surface area contributed by atoms with E-state index in [-0.39, 0.29) is 11.9 Å². The van der Waals surface area contributed by atoms with Crippen LogP contribution in [-0.4, -0.2) is 19.8 Å². The Hall–Kier alpha value is -2.07. The van der Waals surface area contributed by atoms with Gasteiger partial charge in [0, 0.05) is 12.1 Å². The van der Waals surface area contributed by atoms with Crippen LogP contribution in [0.2, 0.25) is 0 Å². The van der Waals surface area contributed by atoms with Gasteiger partial charge < -0.3 is 14.8 Å². The Balaban J connectivity index is 2.07. The van der Waals surface area contributed by atoms with Crippen LogP contribution in [0.4, 0.5) is 4.39 Å². The van der Waals surface area contributed by atoms with Gasteiger partial charge >= 0.3 is 0 Å². The largest absolute Gasteiger partial charge is 0.490 e. The van der Waals surface area contributed by atoms with Crippen molar-refractivity contribution in [1.29, 1.82) is 0 Å². The summed E-state index contributed by atoms with van der Waals surface area (Å²) in [4.78, 5) is 0. The summed E-state index contributed by atoms with van der Waals surface area (Å²) in [7, 11) is 0. The average molecular weight is 315 g/mol. The lowest BCUT2D eigenvalue weighted by atomic mass is 9.89. The predicted octanol–water partition coefficient (Wildman–Crippen LogP) is 3.86. The maximum atomic E-state index is 14.2. The second kappa shape index (κ2) is 7.01. The average Bonchev–Trinajstić information content (AvgIpc) is 2.56. The Morgan fingerprint density at radius 3 is 2.43 bits per heavy atom. The topological polar surface area (TPSA) is 30.5 Å². The highest BCUT2D eigenvalue weighted by atomic mass is 19.1. The molecule has 122 valence electrons. The molecule has 4 heteroatoms. The second-order valence-electron chi connectivity index (χ2n) is 5.52. The first-order valence-electron chi connectivity index (χ1n) is 8.14. The molecule has 0 saturated carbocycles. The van der Waals surface area contributed by atoms with Gasteiger partial charge in [-0.1, -0.05) is 18.2 Å². The molecule has 0 amide bonds. The molecule has 0 unspecified atom stereocenters. The quantitative estimate of drug-likeness (QED) is 0.909. The number of halogens is 1. The number of fused-ring (bicyclic) bond motifs is 1. The molecule has 0 saturated heterocycles. The van der Waals surface area contributed by atoms with E-state index in [1.54, 1.807) is 6.07 Å². The fourth-order valence-electron chi connectivity index (χ4n) is 3.09. The van der Waals surface area contributed by atoms with Crippen molar-refractivity contribution < 1.29 is 13.9 Å². The molecule has 0 aliphatic carbocycles. The zero-order chi connectivity index (χ0) is 16.2. The highest BCUT2D eigenvalue weighted by Gasteiger charge is 2.25. The van der Waals surface area contributed by atoms with E-state index >= 15 is 0 Å². The number of benzene rings is 2. The molecule has 1 aliphatic rings. The summed E-state index contributed by atoms with van der Waals surface area (Å²) >= 11 is 0. The first-order chi connectivity index (χ1) is 11.2. The monoisotopic (exact) mass is 315 g/mol. The number of hydrogen-bond donors (Lipinski definition) is 1. The lowest BCUT2D eigenvalue weighted by Crippen LogP contribution is -2.31. The Bertz CT molecular complexity index is 687. The molecular formula is C19H22FNO2. The molecule has 1 heterocycles. The maximum absolute atomic E-state index is 14.2. The number of rotatable bonds is 5. The maximum Gasteiger partial charge on any atom is 0.161 e. The van der Waals surface area contributed by atoms with Gasteiger partial charge in [0.25, 0.3) is 0 Å². The fraction of sp³-hybridized carbons (Fsp3) is 0.368. The van der Waals surface area contributed by atoms with E-state index in [2.05, 4.69) is 5.32 Å². The third kappa shape index (κ3) is 3.17. The summed E-state index contributed by atoms with van der Waals surface area (Å²) in [5, 5.41) is 3.42. The van der Waals surface area contributed by atoms with Gasteiger partial charge in [0.15, 0.2) is 11.5 Å². The van der Waals surface area contributed by atoms with Crippen molar-refractivity contribution >= 4 is 0 Å². The van der Waals surface area contributed by atoms with Crippen LogP contribution in [0, 0.1) is 5.82 Å². The Morgan fingerprint density at radius 2 is 1.74 bits per heavy atom. The van der Waals surface area contributed by atoms with Crippen molar-refractivity contribution in [3.8, 4) is 11.5 Å². The molecule has 2 aromatic rings. The summed E-state index contributed by atoms with van der Waals surface area (Å²) in [6.45, 7) is 5.87. The van der Waals surface area contributed by atoms with Gasteiger partial charge in [-0.25, -0.2) is 4.39 Å². The molecular weight excluding hydrogens is 293 g/mol. The van der Waals surface area contributed by atoms with Crippen LogP contribution >= 0.6 is 0 Å². The molecule has 2 aromatic carbocycles. The smallest absolute Gasteiger partial charge is 0.161 e. The van der Waals surface area contributed by atoms with Gasteiger partial charge in [-0.05, 0) is 49.6 Å². The Labute approximate surface area is 136 Å². The van der Waals surface area contributed by atoms with Crippen molar-refractivity contribution in [3.63, 3.8) is 0 Å². The normalized spacial score (nSPS) is 16.7. The predicted molar refractivity (Wildman–Crippen MR) is 88.7 cm³/mol. The standard InChI is InChI=1S/C19H22FNO2/c1-3-22-17-11-13-9-10-21-19(14-7-5-6-8-16(14)20)15(13)12-18(17)23-4-2/h5-8,11-12,19,21H,3-4,9-10H2,1-2H3/t19-/m0/s1. The minimum Gasteiger partial charge on any atom is -0.490 e. The second-order valence-corrected chi connectivity index (χ2v) is 5.52. The van der Waals surface area contributed by atoms with Crippen LogP contribution in [0.15, 0.2) is 36.4 Å². The number of nitrogens with one attached hydrogen (secondary N) is 1. The molecule has 0 aromatic heterocycles. The van der Waals surface area contributed by atoms with Gasteiger partial charge in [0.05, 0.1) is 19.3 Å². The van der Waals surface area contributed by atoms with E-state index in [0.29, 0.717) is 18.8 Å². The van der Waals surface area contributed by atoms with E-state index < -0.39 is 0 Å². The van der Waals surface area contributed by atoms with E-state index in [1.807, 2.05) is 38.1 Å². The molecule has 1 aliphatic heterocycles. The van der Waals surface area contributed by atoms with Crippen LogP contribution < -0.4 is 14.8 Å². The van der Waals surface area contributed by atoms with Crippen LogP contribution in [0.25, 0.3) is 0 Å². The van der Waals surface area contributed by atoms with Crippen molar-refractivity contribution in [2.75, 3.05) is 19.8 Å². The summed E-state index contributed by atoms with van der Waals surface area (Å²) in [5.74, 6) is 1.30. The van der Waals surface area contributed by atoms with E-state index in [1.165, 1.54) is 11.6 Å². The van der Waals surface area contributed by atoms with E-state index in [4.69, 9.17) is 9.47 Å². The molecule has 0 fully saturated rings. The first-order valence-corrected chi connectivity index (χ1v) is 8.14. The Kier molecular flexibility index (Phi) is 4.82. The molecule has 3 nitrogen and oxygen atoms in total. The van der Waals surface area contributed by atoms with Crippen LogP contribution in [0.3, 0.4) is 0 Å². The van der Waals surface area contributed by atoms with Gasteiger partial charge in [-0.2, -0.15) is 0 Å². The summed E-state index contributed by atoms with van der Waals surface area (Å²) in [6, 6.07) is 10.8. The molecule has 23 heavy (non-hydrogen) atoms. The van der Waals surface area contributed by atoms with Crippen molar-refractivity contribution in [3.05, 3.63) is 58.9 Å². The minimum atomic E-state index is -0.190. The summed E-state index contributed by atoms with van der Waals surface area (Å²) in [5.41, 5.74) is 2.91. The number of hydrogen-bond acceptors (Lipinski definition) is 3. The number of ether oxygens (including phenoxy) is 2. The lowest BCUT2D eigenvalue weighted by molar-refractivity contribution is 0.286. The summed E-state index contributed by atoms with van der Waals surface area (Å²) < 4.78 is 25.6. The zero-order valence-electron chi connectivity index (χ0n) is 13.6. The van der Waals surface area contributed by atoms with E-state index in [0.717, 1.165) is 30.0 Å². The van der Waals surface area contributed by atoms with Crippen LogP contribution in [-0.2, 0) is 6.42 Å². The van der Waals surface area contributed by atoms with Gasteiger partial charge in [0.1, 0.15) is 5.82 Å². The van der Waals surface area contributed by atoms with Gasteiger partial charge in [0.2, 0.25) is 0 Å². The van der Waals surface area contributed by atoms with Gasteiger partial charge in [-0.3, -0.25) is 0 Å². The first kappa shape index (κ1) is 15.8. The third-order valence-corrected chi connectivity index (χ3v) is 4.08. The molecule has 3 rings (SSSR count). The Morgan fingerprint density at radius 1 is 1.04 bits per heavy atom. The SMILES string of the molecule is CCOc1cc2c(cc1OCC)[C@H](c1ccccc1F)NCC2. The lowest BCUT2D eigenvalue weighted by Gasteiger charge is -2.29. The van der Waals surface area contributed by atoms with Crippen molar-refractivity contribution in [2.24, 2.45) is 0 Å². The molecule has 0 bridgehead atoms. The highest BCUT2D eigenvalue weighted by molar-refractivity contribution is 5.51. The van der Waals surface area contributed by atoms with E-state index in [9.17, 15) is 4.39 Å².